The molecule has 0 saturated heterocycles. The van der Waals surface area contributed by atoms with Gasteiger partial charge in [-0.05, 0) is 74.0 Å². The highest BCUT2D eigenvalue weighted by Gasteiger charge is 2.70. The van der Waals surface area contributed by atoms with Crippen LogP contribution in [0.3, 0.4) is 0 Å². The third-order valence-electron chi connectivity index (χ3n) is 9.16. The molecule has 0 spiro atoms. The van der Waals surface area contributed by atoms with Crippen LogP contribution in [0.2, 0.25) is 0 Å². The van der Waals surface area contributed by atoms with Crippen LogP contribution in [0.1, 0.15) is 58.8 Å². The van der Waals surface area contributed by atoms with E-state index >= 15 is 0 Å². The fourth-order valence-corrected chi connectivity index (χ4v) is 8.12. The normalized spacial score (nSPS) is 44.0. The van der Waals surface area contributed by atoms with Crippen LogP contribution in [0.15, 0.2) is 11.6 Å². The smallest absolute Gasteiger partial charge is 0.316 e. The Morgan fingerprint density at radius 2 is 1.97 bits per heavy atom. The number of Topliss-reactive ketones (excluding diaryl/α,β-unsaturated/α-hetero) is 1. The van der Waals surface area contributed by atoms with Gasteiger partial charge in [-0.25, -0.2) is 0 Å². The van der Waals surface area contributed by atoms with Crippen LogP contribution >= 0.6 is 11.8 Å². The number of thioether (sulfide) groups is 1. The maximum absolute atomic E-state index is 13.1. The lowest BCUT2D eigenvalue weighted by molar-refractivity contribution is -0.200. The van der Waals surface area contributed by atoms with E-state index in [2.05, 4.69) is 6.92 Å². The predicted molar refractivity (Wildman–Crippen MR) is 117 cm³/mol. The van der Waals surface area contributed by atoms with Crippen molar-refractivity contribution in [2.45, 2.75) is 70.5 Å². The minimum absolute atomic E-state index is 0.0283. The van der Waals surface area contributed by atoms with E-state index in [0.717, 1.165) is 31.3 Å². The number of hydrogen-bond acceptors (Lipinski definition) is 7. The van der Waals surface area contributed by atoms with Crippen molar-refractivity contribution in [1.29, 1.82) is 0 Å². The van der Waals surface area contributed by atoms with Crippen molar-refractivity contribution in [3.8, 4) is 0 Å². The van der Waals surface area contributed by atoms with E-state index in [9.17, 15) is 24.6 Å². The highest BCUT2D eigenvalue weighted by atomic mass is 32.2. The number of carbonyl (C=O) groups is 3. The van der Waals surface area contributed by atoms with Crippen LogP contribution in [0.25, 0.3) is 0 Å². The fraction of sp³-hybridized carbons (Fsp3) is 0.792. The summed E-state index contributed by atoms with van der Waals surface area (Å²) in [6.45, 7) is 3.49. The van der Waals surface area contributed by atoms with Gasteiger partial charge in [0.1, 0.15) is 6.61 Å². The molecule has 7 atom stereocenters. The average Bonchev–Trinajstić information content (AvgIpc) is 3.00. The van der Waals surface area contributed by atoms with Crippen molar-refractivity contribution in [3.63, 3.8) is 0 Å². The third kappa shape index (κ3) is 3.25. The highest BCUT2D eigenvalue weighted by Crippen LogP contribution is 2.68. The van der Waals surface area contributed by atoms with E-state index in [-0.39, 0.29) is 34.7 Å². The number of rotatable bonds is 5. The van der Waals surface area contributed by atoms with Gasteiger partial charge in [-0.2, -0.15) is 11.8 Å². The van der Waals surface area contributed by atoms with Gasteiger partial charge < -0.3 is 14.9 Å². The van der Waals surface area contributed by atoms with Crippen molar-refractivity contribution in [3.05, 3.63) is 11.6 Å². The Hall–Kier alpha value is -1.18. The Morgan fingerprint density at radius 1 is 1.23 bits per heavy atom. The Kier molecular flexibility index (Phi) is 5.93. The summed E-state index contributed by atoms with van der Waals surface area (Å²) in [7, 11) is 0. The van der Waals surface area contributed by atoms with Crippen LogP contribution in [0, 0.1) is 28.6 Å². The van der Waals surface area contributed by atoms with Gasteiger partial charge in [-0.15, -0.1) is 0 Å². The Labute approximate surface area is 188 Å². The SMILES string of the molecule is CSCC(=O)OC1(C(=O)CO)CCC2C3CCC4=CC(=O)CCC4(C)C3C(O)CC21C. The molecule has 0 heterocycles. The summed E-state index contributed by atoms with van der Waals surface area (Å²) in [5, 5.41) is 21.3. The monoisotopic (exact) mass is 450 g/mol. The molecule has 3 fully saturated rings. The summed E-state index contributed by atoms with van der Waals surface area (Å²) >= 11 is 1.34. The zero-order chi connectivity index (χ0) is 22.6. The number of aliphatic hydroxyl groups is 2. The molecule has 4 aliphatic carbocycles. The van der Waals surface area contributed by atoms with Gasteiger partial charge in [0.25, 0.3) is 0 Å². The molecule has 4 rings (SSSR count). The molecule has 0 aliphatic heterocycles. The summed E-state index contributed by atoms with van der Waals surface area (Å²) < 4.78 is 5.90. The number of hydrogen-bond donors (Lipinski definition) is 2. The quantitative estimate of drug-likeness (QED) is 0.621. The first-order valence-corrected chi connectivity index (χ1v) is 12.8. The molecule has 2 N–H and O–H groups in total. The number of ketones is 2. The van der Waals surface area contributed by atoms with Crippen LogP contribution in [0.4, 0.5) is 0 Å². The summed E-state index contributed by atoms with van der Waals surface area (Å²) in [5.74, 6) is -0.235. The summed E-state index contributed by atoms with van der Waals surface area (Å²) in [6.07, 6.45) is 7.38. The standard InChI is InChI=1S/C24H34O6S/c1-22-8-6-15(26)10-14(22)4-5-16-17-7-9-24(19(28)12-25,30-20(29)13-31-3)23(17,2)11-18(27)21(16)22/h10,16-18,21,25,27H,4-9,11-13H2,1-3H3. The van der Waals surface area contributed by atoms with Crippen LogP contribution in [-0.2, 0) is 19.1 Å². The summed E-state index contributed by atoms with van der Waals surface area (Å²) in [6, 6.07) is 0. The van der Waals surface area contributed by atoms with Crippen molar-refractivity contribution in [2.24, 2.45) is 28.6 Å². The molecule has 172 valence electrons. The molecular formula is C24H34O6S. The van der Waals surface area contributed by atoms with Crippen molar-refractivity contribution >= 4 is 29.3 Å². The molecule has 7 heteroatoms. The largest absolute Gasteiger partial charge is 0.450 e. The minimum Gasteiger partial charge on any atom is -0.450 e. The average molecular weight is 451 g/mol. The number of ether oxygens (including phenoxy) is 1. The molecule has 3 saturated carbocycles. The van der Waals surface area contributed by atoms with Crippen molar-refractivity contribution < 1.29 is 29.3 Å². The second-order valence-electron chi connectivity index (χ2n) is 10.4. The van der Waals surface area contributed by atoms with E-state index in [1.54, 1.807) is 12.3 Å². The number of carbonyl (C=O) groups excluding carboxylic acids is 3. The topological polar surface area (TPSA) is 101 Å². The predicted octanol–water partition coefficient (Wildman–Crippen LogP) is 2.70. The Morgan fingerprint density at radius 3 is 2.65 bits per heavy atom. The summed E-state index contributed by atoms with van der Waals surface area (Å²) in [4.78, 5) is 37.6. The van der Waals surface area contributed by atoms with Crippen LogP contribution < -0.4 is 0 Å². The van der Waals surface area contributed by atoms with Gasteiger partial charge in [0.2, 0.25) is 5.78 Å². The Bertz CT molecular complexity index is 823. The van der Waals surface area contributed by atoms with Gasteiger partial charge in [0, 0.05) is 11.8 Å². The van der Waals surface area contributed by atoms with Gasteiger partial charge in [0.15, 0.2) is 11.4 Å². The van der Waals surface area contributed by atoms with E-state index < -0.39 is 35.5 Å². The van der Waals surface area contributed by atoms with Gasteiger partial charge in [0.05, 0.1) is 11.9 Å². The number of aliphatic hydroxyl groups excluding tert-OH is 2. The zero-order valence-electron chi connectivity index (χ0n) is 18.7. The molecule has 31 heavy (non-hydrogen) atoms. The van der Waals surface area contributed by atoms with E-state index in [0.29, 0.717) is 19.3 Å². The molecule has 0 bridgehead atoms. The first-order valence-electron chi connectivity index (χ1n) is 11.4. The molecule has 7 unspecified atom stereocenters. The number of esters is 1. The number of fused-ring (bicyclic) bond motifs is 5. The van der Waals surface area contributed by atoms with Gasteiger partial charge >= 0.3 is 5.97 Å². The number of allylic oxidation sites excluding steroid dienone is 1. The molecule has 4 aliphatic rings. The zero-order valence-corrected chi connectivity index (χ0v) is 19.5. The van der Waals surface area contributed by atoms with E-state index in [1.165, 1.54) is 11.8 Å². The molecule has 0 aromatic rings. The van der Waals surface area contributed by atoms with E-state index in [4.69, 9.17) is 4.74 Å². The van der Waals surface area contributed by atoms with Gasteiger partial charge in [-0.1, -0.05) is 19.4 Å². The second-order valence-corrected chi connectivity index (χ2v) is 11.3. The minimum atomic E-state index is -1.38. The van der Waals surface area contributed by atoms with Gasteiger partial charge in [-0.3, -0.25) is 14.4 Å². The second kappa shape index (κ2) is 7.99. The van der Waals surface area contributed by atoms with E-state index in [1.807, 2.05) is 6.92 Å². The molecule has 6 nitrogen and oxygen atoms in total. The molecule has 0 amide bonds. The lowest BCUT2D eigenvalue weighted by Gasteiger charge is -2.60. The lowest BCUT2D eigenvalue weighted by atomic mass is 9.45. The molecule has 0 aromatic carbocycles. The van der Waals surface area contributed by atoms with Crippen molar-refractivity contribution in [2.75, 3.05) is 18.6 Å². The fourth-order valence-electron chi connectivity index (χ4n) is 7.83. The lowest BCUT2D eigenvalue weighted by Crippen LogP contribution is -2.63. The van der Waals surface area contributed by atoms with Crippen molar-refractivity contribution in [1.82, 2.24) is 0 Å². The highest BCUT2D eigenvalue weighted by molar-refractivity contribution is 7.99. The molecule has 0 aromatic heterocycles. The Balaban J connectivity index is 1.73. The maximum Gasteiger partial charge on any atom is 0.316 e. The first kappa shape index (κ1) is 23.0. The maximum atomic E-state index is 13.1. The third-order valence-corrected chi connectivity index (χ3v) is 9.69. The van der Waals surface area contributed by atoms with Crippen LogP contribution in [-0.4, -0.2) is 58.1 Å². The first-order chi connectivity index (χ1) is 14.6. The summed E-state index contributed by atoms with van der Waals surface area (Å²) in [5.41, 5.74) is -1.15. The molecule has 0 radical (unpaired) electrons. The molecular weight excluding hydrogens is 416 g/mol. The van der Waals surface area contributed by atoms with Crippen LogP contribution in [0.5, 0.6) is 0 Å².